The molecule has 0 radical (unpaired) electrons. The molecular weight excluding hydrogens is 251 g/mol. The summed E-state index contributed by atoms with van der Waals surface area (Å²) in [5.74, 6) is -2.06. The maximum Gasteiger partial charge on any atom is 0.299 e. The maximum atomic E-state index is 13.2. The third kappa shape index (κ3) is 2.33. The van der Waals surface area contributed by atoms with Crippen molar-refractivity contribution in [1.82, 2.24) is 4.90 Å². The number of carbonyl (C=O) groups is 3. The Balaban J connectivity index is 2.23. The highest BCUT2D eigenvalue weighted by molar-refractivity contribution is 6.52. The molecule has 0 fully saturated rings. The molecule has 6 heteroatoms. The van der Waals surface area contributed by atoms with Gasteiger partial charge < -0.3 is 9.80 Å². The lowest BCUT2D eigenvalue weighted by atomic mass is 10.1. The van der Waals surface area contributed by atoms with Crippen molar-refractivity contribution < 1.29 is 18.8 Å². The molecule has 0 aromatic heterocycles. The van der Waals surface area contributed by atoms with Crippen LogP contribution in [0.4, 0.5) is 10.1 Å². The van der Waals surface area contributed by atoms with Crippen molar-refractivity contribution in [2.45, 2.75) is 6.42 Å². The highest BCUT2D eigenvalue weighted by Crippen LogP contribution is 2.29. The summed E-state index contributed by atoms with van der Waals surface area (Å²) in [6.45, 7) is 0.0675. The van der Waals surface area contributed by atoms with Crippen molar-refractivity contribution in [3.05, 3.63) is 29.6 Å². The molecule has 0 aliphatic carbocycles. The van der Waals surface area contributed by atoms with Gasteiger partial charge in [-0.25, -0.2) is 4.39 Å². The molecule has 0 unspecified atom stereocenters. The van der Waals surface area contributed by atoms with Crippen LogP contribution in [0.1, 0.15) is 16.8 Å². The molecule has 0 bridgehead atoms. The second-order valence-corrected chi connectivity index (χ2v) is 4.49. The average Bonchev–Trinajstić information content (AvgIpc) is 2.59. The van der Waals surface area contributed by atoms with E-state index in [1.807, 2.05) is 0 Å². The summed E-state index contributed by atoms with van der Waals surface area (Å²) >= 11 is 0. The first-order chi connectivity index (χ1) is 8.91. The second kappa shape index (κ2) is 4.79. The number of halogens is 1. The van der Waals surface area contributed by atoms with Gasteiger partial charge in [0.1, 0.15) is 5.82 Å². The van der Waals surface area contributed by atoms with E-state index in [1.54, 1.807) is 14.1 Å². The van der Waals surface area contributed by atoms with Gasteiger partial charge >= 0.3 is 0 Å². The number of fused-ring (bicyclic) bond motifs is 1. The number of anilines is 1. The van der Waals surface area contributed by atoms with Crippen LogP contribution < -0.4 is 4.90 Å². The molecule has 0 spiro atoms. The number of nitrogens with zero attached hydrogens (tertiary/aromatic N) is 2. The van der Waals surface area contributed by atoms with Crippen LogP contribution in [-0.4, -0.2) is 43.1 Å². The van der Waals surface area contributed by atoms with Gasteiger partial charge in [0.15, 0.2) is 0 Å². The fourth-order valence-corrected chi connectivity index (χ4v) is 1.92. The first-order valence-corrected chi connectivity index (χ1v) is 5.77. The first kappa shape index (κ1) is 13.2. The second-order valence-electron chi connectivity index (χ2n) is 4.49. The number of hydrogen-bond donors (Lipinski definition) is 0. The monoisotopic (exact) mass is 264 g/mol. The predicted octanol–water partition coefficient (Wildman–Crippen LogP) is 0.833. The van der Waals surface area contributed by atoms with E-state index in [0.29, 0.717) is 0 Å². The standard InChI is InChI=1S/C13H13FN2O3/c1-15(2)11(17)5-6-16-10-7-8(14)3-4-9(10)12(18)13(16)19/h3-4,7H,5-6H2,1-2H3. The highest BCUT2D eigenvalue weighted by Gasteiger charge is 2.36. The summed E-state index contributed by atoms with van der Waals surface area (Å²) in [5.41, 5.74) is 0.422. The Labute approximate surface area is 109 Å². The number of Topliss-reactive ketones (excluding diaryl/α,β-unsaturated/α-hetero) is 1. The molecule has 1 aromatic rings. The first-order valence-electron chi connectivity index (χ1n) is 5.77. The van der Waals surface area contributed by atoms with Crippen LogP contribution in [0.15, 0.2) is 18.2 Å². The van der Waals surface area contributed by atoms with Crippen LogP contribution in [0.25, 0.3) is 0 Å². The van der Waals surface area contributed by atoms with Crippen LogP contribution in [0.5, 0.6) is 0 Å². The molecule has 1 aromatic carbocycles. The smallest absolute Gasteiger partial charge is 0.299 e. The minimum atomic E-state index is -0.716. The van der Waals surface area contributed by atoms with Gasteiger partial charge in [0.05, 0.1) is 11.3 Å². The fraction of sp³-hybridized carbons (Fsp3) is 0.308. The van der Waals surface area contributed by atoms with Crippen LogP contribution in [0.2, 0.25) is 0 Å². The molecule has 0 N–H and O–H groups in total. The van der Waals surface area contributed by atoms with Gasteiger partial charge in [-0.2, -0.15) is 0 Å². The lowest BCUT2D eigenvalue weighted by Gasteiger charge is -2.17. The Morgan fingerprint density at radius 2 is 2.00 bits per heavy atom. The SMILES string of the molecule is CN(C)C(=O)CCN1C(=O)C(=O)c2ccc(F)cc21. The summed E-state index contributed by atoms with van der Waals surface area (Å²) in [4.78, 5) is 37.5. The number of carbonyl (C=O) groups excluding carboxylic acids is 3. The average molecular weight is 264 g/mol. The molecule has 1 aliphatic heterocycles. The molecule has 0 saturated heterocycles. The van der Waals surface area contributed by atoms with Crippen molar-refractivity contribution in [1.29, 1.82) is 0 Å². The van der Waals surface area contributed by atoms with E-state index in [9.17, 15) is 18.8 Å². The summed E-state index contributed by atoms with van der Waals surface area (Å²) in [5, 5.41) is 0. The lowest BCUT2D eigenvalue weighted by Crippen LogP contribution is -2.34. The quantitative estimate of drug-likeness (QED) is 0.760. The van der Waals surface area contributed by atoms with Gasteiger partial charge in [-0.15, -0.1) is 0 Å². The summed E-state index contributed by atoms with van der Waals surface area (Å²) in [6, 6.07) is 3.56. The van der Waals surface area contributed by atoms with Crippen molar-refractivity contribution >= 4 is 23.3 Å². The molecule has 100 valence electrons. The lowest BCUT2D eigenvalue weighted by molar-refractivity contribution is -0.128. The van der Waals surface area contributed by atoms with E-state index in [2.05, 4.69) is 0 Å². The van der Waals surface area contributed by atoms with Gasteiger partial charge in [0.2, 0.25) is 5.91 Å². The largest absolute Gasteiger partial charge is 0.349 e. The summed E-state index contributed by atoms with van der Waals surface area (Å²) in [6.07, 6.45) is 0.0853. The third-order valence-electron chi connectivity index (χ3n) is 2.98. The third-order valence-corrected chi connectivity index (χ3v) is 2.98. The van der Waals surface area contributed by atoms with Gasteiger partial charge in [0.25, 0.3) is 11.7 Å². The minimum absolute atomic E-state index is 0.0675. The van der Waals surface area contributed by atoms with Crippen LogP contribution in [-0.2, 0) is 9.59 Å². The Morgan fingerprint density at radius 1 is 1.32 bits per heavy atom. The van der Waals surface area contributed by atoms with E-state index in [-0.39, 0.29) is 30.1 Å². The molecule has 0 saturated carbocycles. The molecule has 5 nitrogen and oxygen atoms in total. The van der Waals surface area contributed by atoms with Crippen molar-refractivity contribution in [2.75, 3.05) is 25.5 Å². The molecular formula is C13H13FN2O3. The number of benzene rings is 1. The van der Waals surface area contributed by atoms with Crippen molar-refractivity contribution in [2.24, 2.45) is 0 Å². The molecule has 2 rings (SSSR count). The highest BCUT2D eigenvalue weighted by atomic mass is 19.1. The van der Waals surface area contributed by atoms with E-state index >= 15 is 0 Å². The molecule has 2 amide bonds. The normalized spacial score (nSPS) is 13.7. The van der Waals surface area contributed by atoms with Crippen LogP contribution >= 0.6 is 0 Å². The minimum Gasteiger partial charge on any atom is -0.349 e. The van der Waals surface area contributed by atoms with Gasteiger partial charge in [-0.1, -0.05) is 0 Å². The number of ketones is 1. The Hall–Kier alpha value is -2.24. The molecule has 1 aliphatic rings. The zero-order chi connectivity index (χ0) is 14.2. The van der Waals surface area contributed by atoms with E-state index in [1.165, 1.54) is 11.0 Å². The number of amides is 2. The zero-order valence-electron chi connectivity index (χ0n) is 10.6. The Bertz CT molecular complexity index is 569. The number of hydrogen-bond acceptors (Lipinski definition) is 3. The predicted molar refractivity (Wildman–Crippen MR) is 66.4 cm³/mol. The van der Waals surface area contributed by atoms with Gasteiger partial charge in [-0.3, -0.25) is 14.4 Å². The van der Waals surface area contributed by atoms with Gasteiger partial charge in [-0.05, 0) is 18.2 Å². The Kier molecular flexibility index (Phi) is 3.33. The van der Waals surface area contributed by atoms with Crippen LogP contribution in [0.3, 0.4) is 0 Å². The van der Waals surface area contributed by atoms with Crippen molar-refractivity contribution in [3.63, 3.8) is 0 Å². The fourth-order valence-electron chi connectivity index (χ4n) is 1.92. The molecule has 0 atom stereocenters. The van der Waals surface area contributed by atoms with E-state index in [4.69, 9.17) is 0 Å². The molecule has 1 heterocycles. The van der Waals surface area contributed by atoms with E-state index in [0.717, 1.165) is 17.0 Å². The topological polar surface area (TPSA) is 57.7 Å². The summed E-state index contributed by atoms with van der Waals surface area (Å²) < 4.78 is 13.2. The Morgan fingerprint density at radius 3 is 2.63 bits per heavy atom. The summed E-state index contributed by atoms with van der Waals surface area (Å²) in [7, 11) is 3.21. The number of rotatable bonds is 3. The van der Waals surface area contributed by atoms with Crippen molar-refractivity contribution in [3.8, 4) is 0 Å². The van der Waals surface area contributed by atoms with Gasteiger partial charge in [0, 0.05) is 27.1 Å². The van der Waals surface area contributed by atoms with E-state index < -0.39 is 17.5 Å². The molecule has 19 heavy (non-hydrogen) atoms. The maximum absolute atomic E-state index is 13.2. The zero-order valence-corrected chi connectivity index (χ0v) is 10.6. The van der Waals surface area contributed by atoms with Crippen LogP contribution in [0, 0.1) is 5.82 Å².